The first-order valence-electron chi connectivity index (χ1n) is 11.4. The number of piperazine rings is 1. The molecule has 0 bridgehead atoms. The number of hydrogen-bond donors (Lipinski definition) is 2. The summed E-state index contributed by atoms with van der Waals surface area (Å²) in [6.45, 7) is 5.47. The zero-order valence-corrected chi connectivity index (χ0v) is 20.5. The number of aryl methyl sites for hydroxylation is 2. The monoisotopic (exact) mass is 486 g/mol. The number of urea groups is 1. The minimum absolute atomic E-state index is 0.193. The van der Waals surface area contributed by atoms with Crippen molar-refractivity contribution in [3.63, 3.8) is 0 Å². The summed E-state index contributed by atoms with van der Waals surface area (Å²) < 4.78 is 0. The second-order valence-corrected chi connectivity index (χ2v) is 8.90. The van der Waals surface area contributed by atoms with Crippen LogP contribution in [0.2, 0.25) is 5.02 Å². The van der Waals surface area contributed by atoms with E-state index in [0.717, 1.165) is 22.4 Å². The zero-order chi connectivity index (χ0) is 24.8. The first-order chi connectivity index (χ1) is 16.9. The van der Waals surface area contributed by atoms with E-state index in [9.17, 15) is 10.1 Å². The van der Waals surface area contributed by atoms with Crippen LogP contribution in [0.15, 0.2) is 77.8 Å². The van der Waals surface area contributed by atoms with Crippen molar-refractivity contribution in [3.8, 4) is 6.19 Å². The van der Waals surface area contributed by atoms with Gasteiger partial charge in [-0.05, 0) is 60.9 Å². The summed E-state index contributed by atoms with van der Waals surface area (Å²) in [4.78, 5) is 21.9. The van der Waals surface area contributed by atoms with Crippen molar-refractivity contribution in [3.05, 3.63) is 94.5 Å². The van der Waals surface area contributed by atoms with E-state index in [4.69, 9.17) is 16.6 Å². The van der Waals surface area contributed by atoms with Gasteiger partial charge in [-0.1, -0.05) is 54.1 Å². The van der Waals surface area contributed by atoms with Crippen LogP contribution in [0.3, 0.4) is 0 Å². The van der Waals surface area contributed by atoms with E-state index in [2.05, 4.69) is 10.6 Å². The number of carbonyl (C=O) groups is 1. The van der Waals surface area contributed by atoms with Crippen molar-refractivity contribution in [2.24, 2.45) is 4.99 Å². The standard InChI is InChI=1S/C27H27ClN6O/c1-19-8-9-20(2)24(16-19)32-26(30-18-29)33-14-15-34(25(17-33)21-6-4-3-5-7-21)27(35)31-23-12-10-22(28)11-13-23/h3-13,16,25H,14-15,17H2,1-2H3,(H,30,32)(H,31,35). The third-order valence-corrected chi connectivity index (χ3v) is 6.23. The number of anilines is 1. The molecule has 0 aromatic heterocycles. The maximum Gasteiger partial charge on any atom is 0.322 e. The highest BCUT2D eigenvalue weighted by Crippen LogP contribution is 2.28. The molecule has 2 N–H and O–H groups in total. The Labute approximate surface area is 210 Å². The van der Waals surface area contributed by atoms with Crippen LogP contribution in [0.1, 0.15) is 22.7 Å². The molecule has 4 rings (SSSR count). The first kappa shape index (κ1) is 24.1. The lowest BCUT2D eigenvalue weighted by Crippen LogP contribution is -2.55. The fourth-order valence-corrected chi connectivity index (χ4v) is 4.22. The van der Waals surface area contributed by atoms with Gasteiger partial charge in [0.1, 0.15) is 0 Å². The summed E-state index contributed by atoms with van der Waals surface area (Å²) in [5.74, 6) is 0.472. The van der Waals surface area contributed by atoms with Crippen molar-refractivity contribution in [2.45, 2.75) is 19.9 Å². The minimum atomic E-state index is -0.235. The smallest absolute Gasteiger partial charge is 0.322 e. The average molecular weight is 487 g/mol. The van der Waals surface area contributed by atoms with E-state index >= 15 is 0 Å². The number of nitrogens with one attached hydrogen (secondary N) is 2. The number of rotatable bonds is 3. The molecule has 2 amide bonds. The van der Waals surface area contributed by atoms with Gasteiger partial charge in [-0.2, -0.15) is 5.26 Å². The lowest BCUT2D eigenvalue weighted by Gasteiger charge is -2.42. The van der Waals surface area contributed by atoms with Crippen LogP contribution in [0.4, 0.5) is 16.2 Å². The van der Waals surface area contributed by atoms with Crippen LogP contribution in [0.25, 0.3) is 0 Å². The highest BCUT2D eigenvalue weighted by atomic mass is 35.5. The fraction of sp³-hybridized carbons (Fsp3) is 0.222. The van der Waals surface area contributed by atoms with E-state index < -0.39 is 0 Å². The second-order valence-electron chi connectivity index (χ2n) is 8.47. The summed E-state index contributed by atoms with van der Waals surface area (Å²) in [7, 11) is 0. The summed E-state index contributed by atoms with van der Waals surface area (Å²) in [5.41, 5.74) is 4.61. The molecule has 8 heteroatoms. The van der Waals surface area contributed by atoms with Gasteiger partial charge < -0.3 is 15.1 Å². The molecule has 7 nitrogen and oxygen atoms in total. The predicted molar refractivity (Wildman–Crippen MR) is 140 cm³/mol. The van der Waals surface area contributed by atoms with Crippen LogP contribution in [-0.4, -0.2) is 41.4 Å². The molecule has 1 atom stereocenters. The van der Waals surface area contributed by atoms with Crippen LogP contribution < -0.4 is 10.6 Å². The number of guanidine groups is 1. The van der Waals surface area contributed by atoms with Gasteiger partial charge in [0, 0.05) is 30.3 Å². The highest BCUT2D eigenvalue weighted by molar-refractivity contribution is 6.30. The maximum absolute atomic E-state index is 13.3. The molecule has 1 aliphatic rings. The number of carbonyl (C=O) groups excluding carboxylic acids is 1. The Morgan fingerprint density at radius 3 is 2.51 bits per heavy atom. The number of hydrogen-bond acceptors (Lipinski definition) is 3. The Balaban J connectivity index is 1.62. The summed E-state index contributed by atoms with van der Waals surface area (Å²) >= 11 is 5.98. The van der Waals surface area contributed by atoms with Gasteiger partial charge in [0.2, 0.25) is 5.96 Å². The van der Waals surface area contributed by atoms with E-state index in [0.29, 0.717) is 36.3 Å². The van der Waals surface area contributed by atoms with Crippen LogP contribution in [0, 0.1) is 25.3 Å². The zero-order valence-electron chi connectivity index (χ0n) is 19.7. The minimum Gasteiger partial charge on any atom is -0.338 e. The molecule has 0 aliphatic carbocycles. The fourth-order valence-electron chi connectivity index (χ4n) is 4.09. The van der Waals surface area contributed by atoms with Gasteiger partial charge in [0.15, 0.2) is 6.19 Å². The first-order valence-corrected chi connectivity index (χ1v) is 11.8. The van der Waals surface area contributed by atoms with Crippen molar-refractivity contribution in [2.75, 3.05) is 25.0 Å². The maximum atomic E-state index is 13.3. The quantitative estimate of drug-likeness (QED) is 0.218. The van der Waals surface area contributed by atoms with Gasteiger partial charge >= 0.3 is 6.03 Å². The number of nitriles is 1. The van der Waals surface area contributed by atoms with Crippen LogP contribution in [-0.2, 0) is 0 Å². The Bertz CT molecular complexity index is 1250. The van der Waals surface area contributed by atoms with Gasteiger partial charge in [0.05, 0.1) is 11.7 Å². The highest BCUT2D eigenvalue weighted by Gasteiger charge is 2.33. The van der Waals surface area contributed by atoms with E-state index in [1.54, 1.807) is 24.3 Å². The topological polar surface area (TPSA) is 83.8 Å². The lowest BCUT2D eigenvalue weighted by atomic mass is 10.0. The molecule has 1 saturated heterocycles. The molecule has 0 saturated carbocycles. The molecule has 1 unspecified atom stereocenters. The van der Waals surface area contributed by atoms with Gasteiger partial charge in [-0.15, -0.1) is 0 Å². The lowest BCUT2D eigenvalue weighted by molar-refractivity contribution is 0.135. The molecule has 0 spiro atoms. The number of halogens is 1. The predicted octanol–water partition coefficient (Wildman–Crippen LogP) is 5.61. The molecule has 178 valence electrons. The van der Waals surface area contributed by atoms with E-state index in [-0.39, 0.29) is 12.1 Å². The number of nitrogens with zero attached hydrogens (tertiary/aromatic N) is 4. The van der Waals surface area contributed by atoms with E-state index in [1.807, 2.05) is 78.4 Å². The average Bonchev–Trinajstić information content (AvgIpc) is 2.87. The van der Waals surface area contributed by atoms with Gasteiger partial charge in [-0.25, -0.2) is 9.79 Å². The van der Waals surface area contributed by atoms with Crippen LogP contribution >= 0.6 is 11.6 Å². The third-order valence-electron chi connectivity index (χ3n) is 5.98. The Hall–Kier alpha value is -4.02. The summed E-state index contributed by atoms with van der Waals surface area (Å²) in [6, 6.07) is 22.6. The Morgan fingerprint density at radius 2 is 1.80 bits per heavy atom. The van der Waals surface area contributed by atoms with Crippen molar-refractivity contribution in [1.29, 1.82) is 5.26 Å². The summed E-state index contributed by atoms with van der Waals surface area (Å²) in [5, 5.41) is 15.8. The molecule has 0 radical (unpaired) electrons. The molecular formula is C27H27ClN6O. The molecule has 1 aliphatic heterocycles. The molecular weight excluding hydrogens is 460 g/mol. The van der Waals surface area contributed by atoms with Gasteiger partial charge in [-0.3, -0.25) is 5.32 Å². The Kier molecular flexibility index (Phi) is 7.54. The molecule has 35 heavy (non-hydrogen) atoms. The van der Waals surface area contributed by atoms with Crippen LogP contribution in [0.5, 0.6) is 0 Å². The molecule has 3 aromatic carbocycles. The molecule has 1 fully saturated rings. The molecule has 3 aromatic rings. The number of aliphatic imine (C=N–C) groups is 1. The van der Waals surface area contributed by atoms with Crippen molar-refractivity contribution < 1.29 is 4.79 Å². The largest absolute Gasteiger partial charge is 0.338 e. The van der Waals surface area contributed by atoms with Crippen molar-refractivity contribution in [1.82, 2.24) is 15.1 Å². The second kappa shape index (κ2) is 10.9. The number of benzene rings is 3. The molecule has 1 heterocycles. The normalized spacial score (nSPS) is 15.9. The number of amides is 2. The Morgan fingerprint density at radius 1 is 1.06 bits per heavy atom. The van der Waals surface area contributed by atoms with Crippen molar-refractivity contribution >= 4 is 35.0 Å². The summed E-state index contributed by atoms with van der Waals surface area (Å²) in [6.07, 6.45) is 2.02. The third kappa shape index (κ3) is 5.92. The van der Waals surface area contributed by atoms with Gasteiger partial charge in [0.25, 0.3) is 0 Å². The van der Waals surface area contributed by atoms with E-state index in [1.165, 1.54) is 0 Å². The SMILES string of the molecule is Cc1ccc(C)c(N=C(NC#N)N2CCN(C(=O)Nc3ccc(Cl)cc3)C(c3ccccc3)C2)c1.